The summed E-state index contributed by atoms with van der Waals surface area (Å²) in [4.78, 5) is 13.7. The topological polar surface area (TPSA) is 40.5 Å². The normalized spacial score (nSPS) is 13.4. The van der Waals surface area contributed by atoms with Crippen LogP contribution in [0, 0.1) is 0 Å². The molecule has 1 rings (SSSR count). The van der Waals surface area contributed by atoms with Crippen LogP contribution in [-0.2, 0) is 10.2 Å². The summed E-state index contributed by atoms with van der Waals surface area (Å²) in [6.45, 7) is 12.2. The summed E-state index contributed by atoms with van der Waals surface area (Å²) in [5, 5.41) is 9.62. The molecule has 0 fully saturated rings. The number of rotatable bonds is 7. The highest BCUT2D eigenvalue weighted by molar-refractivity contribution is 5.75. The first-order valence-corrected chi connectivity index (χ1v) is 7.88. The Morgan fingerprint density at radius 1 is 1.19 bits per heavy atom. The van der Waals surface area contributed by atoms with Gasteiger partial charge in [0.05, 0.1) is 0 Å². The zero-order chi connectivity index (χ0) is 16.0. The molecule has 1 N–H and O–H groups in total. The van der Waals surface area contributed by atoms with Gasteiger partial charge in [-0.2, -0.15) is 0 Å². The van der Waals surface area contributed by atoms with Gasteiger partial charge in [0.1, 0.15) is 6.04 Å². The van der Waals surface area contributed by atoms with Gasteiger partial charge in [0, 0.05) is 0 Å². The van der Waals surface area contributed by atoms with E-state index in [1.54, 1.807) is 0 Å². The first-order chi connectivity index (χ1) is 9.81. The molecule has 0 radical (unpaired) electrons. The lowest BCUT2D eigenvalue weighted by Gasteiger charge is -2.28. The van der Waals surface area contributed by atoms with E-state index in [1.165, 1.54) is 5.56 Å². The summed E-state index contributed by atoms with van der Waals surface area (Å²) in [5.74, 6) is -0.767. The number of carbonyl (C=O) groups is 1. The summed E-state index contributed by atoms with van der Waals surface area (Å²) in [6, 6.07) is 7.50. The van der Waals surface area contributed by atoms with Crippen molar-refractivity contribution in [3.05, 3.63) is 35.4 Å². The zero-order valence-corrected chi connectivity index (χ0v) is 14.0. The molecule has 1 aromatic carbocycles. The van der Waals surface area contributed by atoms with Gasteiger partial charge >= 0.3 is 5.97 Å². The standard InChI is InChI=1S/C18H29NO2/c1-6-8-13-19(7-2)16(17(20)21)14-9-11-15(12-10-14)18(3,4)5/h9-12,16H,6-8,13H2,1-5H3,(H,20,21). The Bertz CT molecular complexity index is 445. The van der Waals surface area contributed by atoms with Crippen molar-refractivity contribution in [2.24, 2.45) is 0 Å². The molecule has 1 atom stereocenters. The van der Waals surface area contributed by atoms with E-state index in [0.717, 1.165) is 31.5 Å². The second-order valence-corrected chi connectivity index (χ2v) is 6.59. The van der Waals surface area contributed by atoms with Crippen LogP contribution < -0.4 is 0 Å². The van der Waals surface area contributed by atoms with E-state index in [0.29, 0.717) is 0 Å². The molecule has 21 heavy (non-hydrogen) atoms. The molecular formula is C18H29NO2. The lowest BCUT2D eigenvalue weighted by atomic mass is 9.86. The maximum Gasteiger partial charge on any atom is 0.325 e. The van der Waals surface area contributed by atoms with Crippen molar-refractivity contribution in [2.45, 2.75) is 58.9 Å². The van der Waals surface area contributed by atoms with Crippen LogP contribution >= 0.6 is 0 Å². The van der Waals surface area contributed by atoms with Crippen molar-refractivity contribution in [3.63, 3.8) is 0 Å². The quantitative estimate of drug-likeness (QED) is 0.817. The van der Waals surface area contributed by atoms with E-state index >= 15 is 0 Å². The highest BCUT2D eigenvalue weighted by atomic mass is 16.4. The maximum absolute atomic E-state index is 11.7. The van der Waals surface area contributed by atoms with Crippen LogP contribution in [0.3, 0.4) is 0 Å². The van der Waals surface area contributed by atoms with Crippen LogP contribution in [0.5, 0.6) is 0 Å². The highest BCUT2D eigenvalue weighted by Crippen LogP contribution is 2.26. The number of benzene rings is 1. The number of carboxylic acids is 1. The Labute approximate surface area is 129 Å². The largest absolute Gasteiger partial charge is 0.480 e. The molecule has 0 bridgehead atoms. The van der Waals surface area contributed by atoms with Gasteiger partial charge in [-0.1, -0.05) is 65.3 Å². The predicted molar refractivity (Wildman–Crippen MR) is 87.7 cm³/mol. The fourth-order valence-electron chi connectivity index (χ4n) is 2.51. The second kappa shape index (κ2) is 7.60. The van der Waals surface area contributed by atoms with Crippen LogP contribution in [-0.4, -0.2) is 29.1 Å². The van der Waals surface area contributed by atoms with E-state index in [2.05, 4.69) is 39.8 Å². The van der Waals surface area contributed by atoms with E-state index in [9.17, 15) is 9.90 Å². The molecule has 0 saturated heterocycles. The van der Waals surface area contributed by atoms with Crippen LogP contribution in [0.25, 0.3) is 0 Å². The molecule has 1 unspecified atom stereocenters. The molecular weight excluding hydrogens is 262 g/mol. The monoisotopic (exact) mass is 291 g/mol. The van der Waals surface area contributed by atoms with Crippen LogP contribution in [0.15, 0.2) is 24.3 Å². The molecule has 0 amide bonds. The summed E-state index contributed by atoms with van der Waals surface area (Å²) in [5.41, 5.74) is 2.18. The second-order valence-electron chi connectivity index (χ2n) is 6.59. The molecule has 0 aliphatic carbocycles. The third kappa shape index (κ3) is 4.85. The number of likely N-dealkylation sites (N-methyl/N-ethyl adjacent to an activating group) is 1. The van der Waals surface area contributed by atoms with Gasteiger partial charge in [0.2, 0.25) is 0 Å². The molecule has 3 heteroatoms. The number of carboxylic acid groups (broad SMARTS) is 1. The number of nitrogens with zero attached hydrogens (tertiary/aromatic N) is 1. The van der Waals surface area contributed by atoms with Gasteiger partial charge in [-0.3, -0.25) is 9.69 Å². The van der Waals surface area contributed by atoms with Gasteiger partial charge in [-0.25, -0.2) is 0 Å². The van der Waals surface area contributed by atoms with Crippen molar-refractivity contribution in [1.29, 1.82) is 0 Å². The smallest absolute Gasteiger partial charge is 0.325 e. The number of hydrogen-bond acceptors (Lipinski definition) is 2. The van der Waals surface area contributed by atoms with Gasteiger partial charge < -0.3 is 5.11 Å². The average molecular weight is 291 g/mol. The maximum atomic E-state index is 11.7. The van der Waals surface area contributed by atoms with Gasteiger partial charge in [0.15, 0.2) is 0 Å². The van der Waals surface area contributed by atoms with Gasteiger partial charge in [-0.05, 0) is 36.1 Å². The number of hydrogen-bond donors (Lipinski definition) is 1. The van der Waals surface area contributed by atoms with Crippen molar-refractivity contribution in [1.82, 2.24) is 4.90 Å². The predicted octanol–water partition coefficient (Wildman–Crippen LogP) is 4.23. The Balaban J connectivity index is 3.02. The van der Waals surface area contributed by atoms with Crippen molar-refractivity contribution in [3.8, 4) is 0 Å². The minimum Gasteiger partial charge on any atom is -0.480 e. The average Bonchev–Trinajstić information content (AvgIpc) is 2.42. The molecule has 0 saturated carbocycles. The summed E-state index contributed by atoms with van der Waals surface area (Å²) in [7, 11) is 0. The lowest BCUT2D eigenvalue weighted by molar-refractivity contribution is -0.143. The van der Waals surface area contributed by atoms with Crippen LogP contribution in [0.1, 0.15) is 64.6 Å². The Morgan fingerprint density at radius 2 is 1.76 bits per heavy atom. The molecule has 0 aliphatic rings. The molecule has 3 nitrogen and oxygen atoms in total. The minimum absolute atomic E-state index is 0.0872. The summed E-state index contributed by atoms with van der Waals surface area (Å²) < 4.78 is 0. The number of unbranched alkanes of at least 4 members (excludes halogenated alkanes) is 1. The van der Waals surface area contributed by atoms with E-state index < -0.39 is 12.0 Å². The van der Waals surface area contributed by atoms with Gasteiger partial charge in [-0.15, -0.1) is 0 Å². The third-order valence-corrected chi connectivity index (χ3v) is 3.90. The fraction of sp³-hybridized carbons (Fsp3) is 0.611. The van der Waals surface area contributed by atoms with E-state index in [4.69, 9.17) is 0 Å². The molecule has 0 aliphatic heterocycles. The molecule has 1 aromatic rings. The minimum atomic E-state index is -0.767. The van der Waals surface area contributed by atoms with Crippen LogP contribution in [0.2, 0.25) is 0 Å². The third-order valence-electron chi connectivity index (χ3n) is 3.90. The Kier molecular flexibility index (Phi) is 6.41. The Morgan fingerprint density at radius 3 is 2.14 bits per heavy atom. The first kappa shape index (κ1) is 17.7. The SMILES string of the molecule is CCCCN(CC)C(C(=O)O)c1ccc(C(C)(C)C)cc1. The fourth-order valence-corrected chi connectivity index (χ4v) is 2.51. The van der Waals surface area contributed by atoms with Crippen molar-refractivity contribution < 1.29 is 9.90 Å². The van der Waals surface area contributed by atoms with Crippen molar-refractivity contribution >= 4 is 5.97 Å². The summed E-state index contributed by atoms with van der Waals surface area (Å²) >= 11 is 0. The molecule has 0 heterocycles. The highest BCUT2D eigenvalue weighted by Gasteiger charge is 2.26. The zero-order valence-electron chi connectivity index (χ0n) is 14.0. The molecule has 0 spiro atoms. The summed E-state index contributed by atoms with van der Waals surface area (Å²) in [6.07, 6.45) is 2.10. The lowest BCUT2D eigenvalue weighted by Crippen LogP contribution is -2.34. The van der Waals surface area contributed by atoms with Crippen LogP contribution in [0.4, 0.5) is 0 Å². The van der Waals surface area contributed by atoms with E-state index in [1.807, 2.05) is 24.0 Å². The van der Waals surface area contributed by atoms with Gasteiger partial charge in [0.25, 0.3) is 0 Å². The Hall–Kier alpha value is -1.35. The van der Waals surface area contributed by atoms with Crippen molar-refractivity contribution in [2.75, 3.05) is 13.1 Å². The van der Waals surface area contributed by atoms with E-state index in [-0.39, 0.29) is 5.41 Å². The molecule has 118 valence electrons. The number of aliphatic carboxylic acids is 1. The first-order valence-electron chi connectivity index (χ1n) is 7.88. The molecule has 0 aromatic heterocycles.